The average molecular weight is 320 g/mol. The van der Waals surface area contributed by atoms with Crippen LogP contribution >= 0.6 is 0 Å². The standard InChI is InChI=1S/C19H20N4O/c1-23(16-9-4-3-5-10-16)19-12-18(21-14-22-19)20-13-15-8-6-7-11-17(15)24-2/h3-12,14H,13H2,1-2H3,(H,20,21,22). The van der Waals surface area contributed by atoms with E-state index in [2.05, 4.69) is 15.3 Å². The number of hydrogen-bond acceptors (Lipinski definition) is 5. The number of nitrogens with one attached hydrogen (secondary N) is 1. The van der Waals surface area contributed by atoms with Crippen molar-refractivity contribution in [3.8, 4) is 5.75 Å². The minimum Gasteiger partial charge on any atom is -0.496 e. The number of nitrogens with zero attached hydrogens (tertiary/aromatic N) is 3. The topological polar surface area (TPSA) is 50.3 Å². The van der Waals surface area contributed by atoms with E-state index in [4.69, 9.17) is 4.74 Å². The quantitative estimate of drug-likeness (QED) is 0.747. The molecule has 0 aliphatic rings. The normalized spacial score (nSPS) is 10.2. The maximum absolute atomic E-state index is 5.37. The van der Waals surface area contributed by atoms with Gasteiger partial charge in [-0.3, -0.25) is 0 Å². The van der Waals surface area contributed by atoms with Gasteiger partial charge in [0.1, 0.15) is 23.7 Å². The molecule has 5 nitrogen and oxygen atoms in total. The molecular formula is C19H20N4O. The summed E-state index contributed by atoms with van der Waals surface area (Å²) in [6.07, 6.45) is 1.57. The molecule has 0 saturated carbocycles. The first-order valence-electron chi connectivity index (χ1n) is 7.74. The summed E-state index contributed by atoms with van der Waals surface area (Å²) in [6, 6.07) is 20.0. The molecular weight excluding hydrogens is 300 g/mol. The molecule has 1 N–H and O–H groups in total. The lowest BCUT2D eigenvalue weighted by Crippen LogP contribution is -2.12. The average Bonchev–Trinajstić information content (AvgIpc) is 2.67. The Morgan fingerprint density at radius 2 is 1.75 bits per heavy atom. The van der Waals surface area contributed by atoms with Crippen molar-refractivity contribution < 1.29 is 4.74 Å². The number of methoxy groups -OCH3 is 1. The summed E-state index contributed by atoms with van der Waals surface area (Å²) >= 11 is 0. The second-order valence-corrected chi connectivity index (χ2v) is 5.32. The first-order valence-corrected chi connectivity index (χ1v) is 7.74. The van der Waals surface area contributed by atoms with Crippen molar-refractivity contribution in [2.45, 2.75) is 6.54 Å². The lowest BCUT2D eigenvalue weighted by Gasteiger charge is -2.18. The molecule has 0 bridgehead atoms. The Morgan fingerprint density at radius 1 is 1.00 bits per heavy atom. The molecule has 1 aromatic heterocycles. The van der Waals surface area contributed by atoms with Crippen LogP contribution in [0.15, 0.2) is 67.0 Å². The van der Waals surface area contributed by atoms with Gasteiger partial charge in [-0.25, -0.2) is 9.97 Å². The largest absolute Gasteiger partial charge is 0.496 e. The molecule has 0 spiro atoms. The molecule has 0 saturated heterocycles. The Bertz CT molecular complexity index is 792. The van der Waals surface area contributed by atoms with Gasteiger partial charge in [0.2, 0.25) is 0 Å². The lowest BCUT2D eigenvalue weighted by molar-refractivity contribution is 0.410. The summed E-state index contributed by atoms with van der Waals surface area (Å²) in [5, 5.41) is 3.32. The van der Waals surface area contributed by atoms with E-state index in [0.717, 1.165) is 28.6 Å². The molecule has 0 radical (unpaired) electrons. The number of anilines is 3. The maximum Gasteiger partial charge on any atom is 0.138 e. The highest BCUT2D eigenvalue weighted by molar-refractivity contribution is 5.61. The SMILES string of the molecule is COc1ccccc1CNc1cc(N(C)c2ccccc2)ncn1. The highest BCUT2D eigenvalue weighted by Crippen LogP contribution is 2.23. The van der Waals surface area contributed by atoms with E-state index in [9.17, 15) is 0 Å². The van der Waals surface area contributed by atoms with Crippen molar-refractivity contribution in [3.63, 3.8) is 0 Å². The molecule has 0 amide bonds. The summed E-state index contributed by atoms with van der Waals surface area (Å²) in [5.74, 6) is 2.47. The summed E-state index contributed by atoms with van der Waals surface area (Å²) in [4.78, 5) is 10.7. The second-order valence-electron chi connectivity index (χ2n) is 5.32. The monoisotopic (exact) mass is 320 g/mol. The molecule has 2 aromatic carbocycles. The van der Waals surface area contributed by atoms with Crippen molar-refractivity contribution in [1.82, 2.24) is 9.97 Å². The van der Waals surface area contributed by atoms with Crippen LogP contribution in [0.5, 0.6) is 5.75 Å². The zero-order valence-electron chi connectivity index (χ0n) is 13.8. The third-order valence-corrected chi connectivity index (χ3v) is 3.79. The molecule has 0 atom stereocenters. The van der Waals surface area contributed by atoms with Crippen molar-refractivity contribution in [2.24, 2.45) is 0 Å². The predicted octanol–water partition coefficient (Wildman–Crippen LogP) is 3.87. The van der Waals surface area contributed by atoms with Crippen LogP contribution in [0, 0.1) is 0 Å². The third-order valence-electron chi connectivity index (χ3n) is 3.79. The Balaban J connectivity index is 1.74. The molecule has 3 rings (SSSR count). The molecule has 0 aliphatic heterocycles. The summed E-state index contributed by atoms with van der Waals surface area (Å²) in [7, 11) is 3.66. The fourth-order valence-electron chi connectivity index (χ4n) is 2.45. The van der Waals surface area contributed by atoms with Gasteiger partial charge in [0.15, 0.2) is 0 Å². The third kappa shape index (κ3) is 3.63. The Labute approximate surface area is 142 Å². The van der Waals surface area contributed by atoms with Gasteiger partial charge in [-0.15, -0.1) is 0 Å². The second kappa shape index (κ2) is 7.46. The summed E-state index contributed by atoms with van der Waals surface area (Å²) in [6.45, 7) is 0.634. The number of aromatic nitrogens is 2. The van der Waals surface area contributed by atoms with Gasteiger partial charge in [0.05, 0.1) is 7.11 Å². The molecule has 3 aromatic rings. The van der Waals surface area contributed by atoms with Crippen molar-refractivity contribution in [3.05, 3.63) is 72.6 Å². The number of benzene rings is 2. The Kier molecular flexibility index (Phi) is 4.91. The smallest absolute Gasteiger partial charge is 0.138 e. The first-order chi connectivity index (χ1) is 11.8. The highest BCUT2D eigenvalue weighted by Gasteiger charge is 2.07. The summed E-state index contributed by atoms with van der Waals surface area (Å²) < 4.78 is 5.37. The van der Waals surface area contributed by atoms with Crippen molar-refractivity contribution >= 4 is 17.3 Å². The zero-order valence-corrected chi connectivity index (χ0v) is 13.8. The Morgan fingerprint density at radius 3 is 2.54 bits per heavy atom. The zero-order chi connectivity index (χ0) is 16.8. The summed E-state index contributed by atoms with van der Waals surface area (Å²) in [5.41, 5.74) is 2.16. The van der Waals surface area contributed by atoms with E-state index in [1.54, 1.807) is 13.4 Å². The molecule has 0 fully saturated rings. The first kappa shape index (κ1) is 15.8. The van der Waals surface area contributed by atoms with E-state index in [0.29, 0.717) is 6.54 Å². The highest BCUT2D eigenvalue weighted by atomic mass is 16.5. The molecule has 0 aliphatic carbocycles. The van der Waals surface area contributed by atoms with Gasteiger partial charge in [-0.05, 0) is 18.2 Å². The number of ether oxygens (including phenoxy) is 1. The van der Waals surface area contributed by atoms with Crippen molar-refractivity contribution in [2.75, 3.05) is 24.4 Å². The van der Waals surface area contributed by atoms with Crippen LogP contribution in [0.2, 0.25) is 0 Å². The van der Waals surface area contributed by atoms with Gasteiger partial charge in [-0.2, -0.15) is 0 Å². The Hall–Kier alpha value is -3.08. The maximum atomic E-state index is 5.37. The van der Waals surface area contributed by atoms with E-state index in [1.807, 2.05) is 72.6 Å². The van der Waals surface area contributed by atoms with E-state index in [1.165, 1.54) is 0 Å². The molecule has 5 heteroatoms. The van der Waals surface area contributed by atoms with Gasteiger partial charge in [-0.1, -0.05) is 36.4 Å². The number of rotatable bonds is 6. The van der Waals surface area contributed by atoms with E-state index >= 15 is 0 Å². The van der Waals surface area contributed by atoms with Crippen LogP contribution in [0.25, 0.3) is 0 Å². The van der Waals surface area contributed by atoms with Crippen LogP contribution in [-0.4, -0.2) is 24.1 Å². The van der Waals surface area contributed by atoms with Crippen LogP contribution < -0.4 is 15.0 Å². The van der Waals surface area contributed by atoms with Crippen molar-refractivity contribution in [1.29, 1.82) is 0 Å². The molecule has 0 unspecified atom stereocenters. The fourth-order valence-corrected chi connectivity index (χ4v) is 2.45. The minimum atomic E-state index is 0.634. The number of hydrogen-bond donors (Lipinski definition) is 1. The van der Waals surface area contributed by atoms with E-state index < -0.39 is 0 Å². The lowest BCUT2D eigenvalue weighted by atomic mass is 10.2. The fraction of sp³-hybridized carbons (Fsp3) is 0.158. The molecule has 122 valence electrons. The number of para-hydroxylation sites is 2. The molecule has 24 heavy (non-hydrogen) atoms. The predicted molar refractivity (Wildman–Crippen MR) is 96.9 cm³/mol. The van der Waals surface area contributed by atoms with Gasteiger partial charge in [0.25, 0.3) is 0 Å². The van der Waals surface area contributed by atoms with Crippen LogP contribution in [0.4, 0.5) is 17.3 Å². The minimum absolute atomic E-state index is 0.634. The van der Waals surface area contributed by atoms with Crippen LogP contribution in [0.3, 0.4) is 0 Å². The molecule has 1 heterocycles. The van der Waals surface area contributed by atoms with Gasteiger partial charge in [0, 0.05) is 30.9 Å². The van der Waals surface area contributed by atoms with E-state index in [-0.39, 0.29) is 0 Å². The van der Waals surface area contributed by atoms with Crippen LogP contribution in [-0.2, 0) is 6.54 Å². The van der Waals surface area contributed by atoms with Crippen LogP contribution in [0.1, 0.15) is 5.56 Å². The van der Waals surface area contributed by atoms with Gasteiger partial charge < -0.3 is 15.0 Å². The van der Waals surface area contributed by atoms with Gasteiger partial charge >= 0.3 is 0 Å².